The average molecular weight is 167 g/mol. The third-order valence-corrected chi connectivity index (χ3v) is 1.97. The SMILES string of the molecule is C=C/C(=C\N(C)CC)CCCC. The molecule has 0 N–H and O–H groups in total. The molecular weight excluding hydrogens is 146 g/mol. The third-order valence-electron chi connectivity index (χ3n) is 1.97. The molecule has 0 radical (unpaired) electrons. The van der Waals surface area contributed by atoms with Gasteiger partial charge in [0.05, 0.1) is 0 Å². The van der Waals surface area contributed by atoms with Gasteiger partial charge >= 0.3 is 0 Å². The third kappa shape index (κ3) is 5.00. The van der Waals surface area contributed by atoms with Crippen molar-refractivity contribution in [2.24, 2.45) is 0 Å². The predicted molar refractivity (Wildman–Crippen MR) is 56.1 cm³/mol. The minimum atomic E-state index is 1.06. The molecule has 0 spiro atoms. The molecule has 0 saturated heterocycles. The van der Waals surface area contributed by atoms with Crippen LogP contribution in [0.15, 0.2) is 24.4 Å². The van der Waals surface area contributed by atoms with Gasteiger partial charge in [-0.25, -0.2) is 0 Å². The van der Waals surface area contributed by atoms with Crippen LogP contribution in [0.1, 0.15) is 33.1 Å². The van der Waals surface area contributed by atoms with Crippen molar-refractivity contribution in [1.82, 2.24) is 4.90 Å². The number of unbranched alkanes of at least 4 members (excludes halogenated alkanes) is 1. The quantitative estimate of drug-likeness (QED) is 0.549. The standard InChI is InChI=1S/C11H21N/c1-5-8-9-11(6-2)10-12(4)7-3/h6,10H,2,5,7-9H2,1,3-4H3/b11-10+. The van der Waals surface area contributed by atoms with E-state index in [1.165, 1.54) is 18.4 Å². The highest BCUT2D eigenvalue weighted by atomic mass is 15.1. The number of nitrogens with zero attached hydrogens (tertiary/aromatic N) is 1. The maximum absolute atomic E-state index is 3.81. The molecule has 0 rings (SSSR count). The Labute approximate surface area is 76.8 Å². The monoisotopic (exact) mass is 167 g/mol. The molecule has 0 amide bonds. The molecule has 70 valence electrons. The summed E-state index contributed by atoms with van der Waals surface area (Å²) in [5, 5.41) is 0. The lowest BCUT2D eigenvalue weighted by atomic mass is 10.1. The summed E-state index contributed by atoms with van der Waals surface area (Å²) >= 11 is 0. The average Bonchev–Trinajstić information content (AvgIpc) is 2.11. The van der Waals surface area contributed by atoms with E-state index in [4.69, 9.17) is 0 Å². The zero-order valence-electron chi connectivity index (χ0n) is 8.64. The first-order valence-corrected chi connectivity index (χ1v) is 4.78. The number of hydrogen-bond acceptors (Lipinski definition) is 1. The van der Waals surface area contributed by atoms with E-state index in [2.05, 4.69) is 38.6 Å². The fraction of sp³-hybridized carbons (Fsp3) is 0.636. The van der Waals surface area contributed by atoms with E-state index in [0.29, 0.717) is 0 Å². The Morgan fingerprint density at radius 3 is 2.50 bits per heavy atom. The summed E-state index contributed by atoms with van der Waals surface area (Å²) in [4.78, 5) is 2.19. The highest BCUT2D eigenvalue weighted by molar-refractivity contribution is 5.15. The molecule has 0 aromatic heterocycles. The maximum atomic E-state index is 3.81. The number of allylic oxidation sites excluding steroid dienone is 2. The van der Waals surface area contributed by atoms with Gasteiger partial charge in [0, 0.05) is 19.8 Å². The predicted octanol–water partition coefficient (Wildman–Crippen LogP) is 3.20. The Bertz CT molecular complexity index is 147. The lowest BCUT2D eigenvalue weighted by Crippen LogP contribution is -2.09. The van der Waals surface area contributed by atoms with Gasteiger partial charge in [-0.05, 0) is 25.3 Å². The van der Waals surface area contributed by atoms with Crippen LogP contribution in [0.4, 0.5) is 0 Å². The van der Waals surface area contributed by atoms with E-state index < -0.39 is 0 Å². The first kappa shape index (κ1) is 11.3. The van der Waals surface area contributed by atoms with Crippen LogP contribution in [-0.2, 0) is 0 Å². The Balaban J connectivity index is 3.94. The highest BCUT2D eigenvalue weighted by Crippen LogP contribution is 2.08. The summed E-state index contributed by atoms with van der Waals surface area (Å²) < 4.78 is 0. The molecule has 0 fully saturated rings. The van der Waals surface area contributed by atoms with Crippen LogP contribution in [0, 0.1) is 0 Å². The Morgan fingerprint density at radius 1 is 1.42 bits per heavy atom. The van der Waals surface area contributed by atoms with Gasteiger partial charge in [0.1, 0.15) is 0 Å². The normalized spacial score (nSPS) is 11.4. The Hall–Kier alpha value is -0.720. The minimum Gasteiger partial charge on any atom is -0.380 e. The van der Waals surface area contributed by atoms with E-state index in [1.807, 2.05) is 6.08 Å². The molecule has 12 heavy (non-hydrogen) atoms. The van der Waals surface area contributed by atoms with Crippen molar-refractivity contribution < 1.29 is 0 Å². The van der Waals surface area contributed by atoms with Crippen molar-refractivity contribution in [3.8, 4) is 0 Å². The van der Waals surface area contributed by atoms with E-state index in [9.17, 15) is 0 Å². The molecular formula is C11H21N. The molecule has 0 aliphatic rings. The van der Waals surface area contributed by atoms with Crippen LogP contribution in [0.25, 0.3) is 0 Å². The van der Waals surface area contributed by atoms with Crippen molar-refractivity contribution in [3.05, 3.63) is 24.4 Å². The highest BCUT2D eigenvalue weighted by Gasteiger charge is 1.92. The lowest BCUT2D eigenvalue weighted by molar-refractivity contribution is 0.479. The number of rotatable bonds is 6. The van der Waals surface area contributed by atoms with Crippen molar-refractivity contribution in [2.45, 2.75) is 33.1 Å². The van der Waals surface area contributed by atoms with Gasteiger partial charge in [0.15, 0.2) is 0 Å². The Kier molecular flexibility index (Phi) is 6.54. The van der Waals surface area contributed by atoms with E-state index in [0.717, 1.165) is 13.0 Å². The van der Waals surface area contributed by atoms with Gasteiger partial charge in [-0.3, -0.25) is 0 Å². The van der Waals surface area contributed by atoms with Gasteiger partial charge in [-0.15, -0.1) is 0 Å². The molecule has 0 saturated carbocycles. The summed E-state index contributed by atoms with van der Waals surface area (Å²) in [5.41, 5.74) is 1.35. The van der Waals surface area contributed by atoms with Crippen LogP contribution in [0.3, 0.4) is 0 Å². The molecule has 0 aromatic rings. The molecule has 0 unspecified atom stereocenters. The second kappa shape index (κ2) is 6.96. The first-order valence-electron chi connectivity index (χ1n) is 4.78. The minimum absolute atomic E-state index is 1.06. The summed E-state index contributed by atoms with van der Waals surface area (Å²) in [6.07, 6.45) is 7.81. The molecule has 0 bridgehead atoms. The fourth-order valence-electron chi connectivity index (χ4n) is 0.975. The maximum Gasteiger partial charge on any atom is 0.0140 e. The van der Waals surface area contributed by atoms with Gasteiger partial charge in [-0.2, -0.15) is 0 Å². The van der Waals surface area contributed by atoms with Crippen molar-refractivity contribution in [3.63, 3.8) is 0 Å². The van der Waals surface area contributed by atoms with Crippen LogP contribution in [0.2, 0.25) is 0 Å². The summed E-state index contributed by atoms with van der Waals surface area (Å²) in [5.74, 6) is 0. The zero-order chi connectivity index (χ0) is 9.40. The van der Waals surface area contributed by atoms with Crippen molar-refractivity contribution in [1.29, 1.82) is 0 Å². The molecule has 0 aromatic carbocycles. The first-order chi connectivity index (χ1) is 5.74. The zero-order valence-corrected chi connectivity index (χ0v) is 8.64. The van der Waals surface area contributed by atoms with Crippen LogP contribution in [0.5, 0.6) is 0 Å². The summed E-state index contributed by atoms with van der Waals surface area (Å²) in [6, 6.07) is 0. The summed E-state index contributed by atoms with van der Waals surface area (Å²) in [6.45, 7) is 9.23. The van der Waals surface area contributed by atoms with Crippen LogP contribution >= 0.6 is 0 Å². The Morgan fingerprint density at radius 2 is 2.08 bits per heavy atom. The lowest BCUT2D eigenvalue weighted by Gasteiger charge is -2.12. The van der Waals surface area contributed by atoms with Gasteiger partial charge in [-0.1, -0.05) is 26.0 Å². The second-order valence-electron chi connectivity index (χ2n) is 3.08. The fourth-order valence-corrected chi connectivity index (χ4v) is 0.975. The largest absolute Gasteiger partial charge is 0.380 e. The van der Waals surface area contributed by atoms with Crippen molar-refractivity contribution >= 4 is 0 Å². The molecule has 0 aliphatic heterocycles. The van der Waals surface area contributed by atoms with E-state index >= 15 is 0 Å². The van der Waals surface area contributed by atoms with Gasteiger partial charge in [0.2, 0.25) is 0 Å². The molecule has 0 heterocycles. The smallest absolute Gasteiger partial charge is 0.0140 e. The van der Waals surface area contributed by atoms with Crippen LogP contribution < -0.4 is 0 Å². The molecule has 0 aliphatic carbocycles. The number of hydrogen-bond donors (Lipinski definition) is 0. The summed E-state index contributed by atoms with van der Waals surface area (Å²) in [7, 11) is 2.09. The molecule has 0 atom stereocenters. The molecule has 1 nitrogen and oxygen atoms in total. The van der Waals surface area contributed by atoms with E-state index in [1.54, 1.807) is 0 Å². The van der Waals surface area contributed by atoms with Gasteiger partial charge in [0.25, 0.3) is 0 Å². The van der Waals surface area contributed by atoms with Gasteiger partial charge < -0.3 is 4.90 Å². The van der Waals surface area contributed by atoms with E-state index in [-0.39, 0.29) is 0 Å². The molecule has 1 heteroatoms. The van der Waals surface area contributed by atoms with Crippen LogP contribution in [-0.4, -0.2) is 18.5 Å². The second-order valence-corrected chi connectivity index (χ2v) is 3.08. The van der Waals surface area contributed by atoms with Crippen molar-refractivity contribution in [2.75, 3.05) is 13.6 Å². The topological polar surface area (TPSA) is 3.24 Å².